The fourth-order valence-corrected chi connectivity index (χ4v) is 4.12. The number of aromatic nitrogens is 3. The fraction of sp³-hybridized carbons (Fsp3) is 0.591. The first-order valence-electron chi connectivity index (χ1n) is 10.4. The normalized spacial score (nSPS) is 16.6. The van der Waals surface area contributed by atoms with E-state index in [0.717, 1.165) is 42.3 Å². The zero-order chi connectivity index (χ0) is 19.0. The van der Waals surface area contributed by atoms with Crippen LogP contribution in [0.3, 0.4) is 0 Å². The fourth-order valence-electron chi connectivity index (χ4n) is 4.12. The van der Waals surface area contributed by atoms with Crippen LogP contribution in [-0.2, 0) is 0 Å². The minimum absolute atomic E-state index is 0.612. The van der Waals surface area contributed by atoms with E-state index < -0.39 is 0 Å². The van der Waals surface area contributed by atoms with E-state index in [1.165, 1.54) is 36.8 Å². The molecule has 144 valence electrons. The van der Waals surface area contributed by atoms with Gasteiger partial charge in [0.2, 0.25) is 11.9 Å². The minimum atomic E-state index is 0.612. The molecular formula is C22H31N5. The van der Waals surface area contributed by atoms with Gasteiger partial charge in [0.1, 0.15) is 5.82 Å². The van der Waals surface area contributed by atoms with E-state index in [-0.39, 0.29) is 0 Å². The van der Waals surface area contributed by atoms with Gasteiger partial charge in [-0.2, -0.15) is 15.0 Å². The quantitative estimate of drug-likeness (QED) is 0.717. The first-order valence-corrected chi connectivity index (χ1v) is 10.4. The lowest BCUT2D eigenvalue weighted by molar-refractivity contribution is 0.469. The molecule has 0 bridgehead atoms. The second kappa shape index (κ2) is 7.45. The van der Waals surface area contributed by atoms with Gasteiger partial charge in [-0.25, -0.2) is 0 Å². The van der Waals surface area contributed by atoms with Gasteiger partial charge in [0.25, 0.3) is 0 Å². The standard InChI is InChI=1S/C22H31N5/c1-5-12-27(20(17-7-8-17)18-9-10-18)22-24-16(4)23-21(26-22)25-19-11-6-14(2)13-15(19)3/h6,11,13,17-18,20H,5,7-10,12H2,1-4H3,(H,23,24,25,26). The molecule has 2 fully saturated rings. The summed E-state index contributed by atoms with van der Waals surface area (Å²) >= 11 is 0. The number of nitrogens with zero attached hydrogens (tertiary/aromatic N) is 4. The molecule has 0 aliphatic heterocycles. The predicted molar refractivity (Wildman–Crippen MR) is 111 cm³/mol. The van der Waals surface area contributed by atoms with Crippen LogP contribution in [0.2, 0.25) is 0 Å². The summed E-state index contributed by atoms with van der Waals surface area (Å²) in [6, 6.07) is 7.01. The Morgan fingerprint density at radius 3 is 2.33 bits per heavy atom. The number of benzene rings is 1. The number of hydrogen-bond donors (Lipinski definition) is 1. The van der Waals surface area contributed by atoms with E-state index in [9.17, 15) is 0 Å². The third-order valence-corrected chi connectivity index (χ3v) is 5.66. The molecule has 5 nitrogen and oxygen atoms in total. The summed E-state index contributed by atoms with van der Waals surface area (Å²) in [5.74, 6) is 3.93. The van der Waals surface area contributed by atoms with Crippen molar-refractivity contribution in [1.29, 1.82) is 0 Å². The van der Waals surface area contributed by atoms with Crippen molar-refractivity contribution in [3.05, 3.63) is 35.2 Å². The lowest BCUT2D eigenvalue weighted by Gasteiger charge is -2.32. The first kappa shape index (κ1) is 18.2. The van der Waals surface area contributed by atoms with E-state index in [1.807, 2.05) is 6.92 Å². The molecule has 0 saturated heterocycles. The van der Waals surface area contributed by atoms with Gasteiger partial charge in [-0.05, 0) is 76.3 Å². The Bertz CT molecular complexity index is 798. The number of hydrogen-bond acceptors (Lipinski definition) is 5. The van der Waals surface area contributed by atoms with Crippen molar-refractivity contribution in [2.75, 3.05) is 16.8 Å². The average molecular weight is 366 g/mol. The third-order valence-electron chi connectivity index (χ3n) is 5.66. The molecule has 2 saturated carbocycles. The van der Waals surface area contributed by atoms with E-state index >= 15 is 0 Å². The van der Waals surface area contributed by atoms with E-state index in [1.54, 1.807) is 0 Å². The molecule has 1 heterocycles. The topological polar surface area (TPSA) is 53.9 Å². The van der Waals surface area contributed by atoms with Crippen LogP contribution in [0, 0.1) is 32.6 Å². The minimum Gasteiger partial charge on any atom is -0.337 e. The molecule has 2 aliphatic carbocycles. The highest BCUT2D eigenvalue weighted by molar-refractivity contribution is 5.59. The van der Waals surface area contributed by atoms with Crippen LogP contribution in [0.4, 0.5) is 17.6 Å². The van der Waals surface area contributed by atoms with Crippen molar-refractivity contribution in [3.8, 4) is 0 Å². The van der Waals surface area contributed by atoms with Gasteiger partial charge < -0.3 is 10.2 Å². The zero-order valence-electron chi connectivity index (χ0n) is 17.0. The maximum atomic E-state index is 4.85. The molecule has 1 aromatic heterocycles. The Morgan fingerprint density at radius 1 is 1.04 bits per heavy atom. The molecule has 2 aliphatic rings. The summed E-state index contributed by atoms with van der Waals surface area (Å²) in [6.45, 7) is 9.45. The molecule has 0 amide bonds. The molecule has 4 rings (SSSR count). The van der Waals surface area contributed by atoms with Gasteiger partial charge >= 0.3 is 0 Å². The van der Waals surface area contributed by atoms with Gasteiger partial charge in [-0.1, -0.05) is 24.6 Å². The first-order chi connectivity index (χ1) is 13.0. The van der Waals surface area contributed by atoms with Gasteiger partial charge in [0, 0.05) is 18.3 Å². The van der Waals surface area contributed by atoms with Crippen LogP contribution in [0.15, 0.2) is 18.2 Å². The highest BCUT2D eigenvalue weighted by Crippen LogP contribution is 2.47. The Balaban J connectivity index is 1.63. The van der Waals surface area contributed by atoms with Gasteiger partial charge in [0.15, 0.2) is 0 Å². The molecule has 0 atom stereocenters. The van der Waals surface area contributed by atoms with E-state index in [4.69, 9.17) is 9.97 Å². The highest BCUT2D eigenvalue weighted by atomic mass is 15.3. The summed E-state index contributed by atoms with van der Waals surface area (Å²) in [5, 5.41) is 3.42. The molecule has 1 N–H and O–H groups in total. The van der Waals surface area contributed by atoms with Gasteiger partial charge in [-0.3, -0.25) is 0 Å². The molecule has 5 heteroatoms. The summed E-state index contributed by atoms with van der Waals surface area (Å²) in [4.78, 5) is 16.6. The van der Waals surface area contributed by atoms with Crippen LogP contribution >= 0.6 is 0 Å². The Morgan fingerprint density at radius 2 is 1.74 bits per heavy atom. The summed E-state index contributed by atoms with van der Waals surface area (Å²) in [7, 11) is 0. The monoisotopic (exact) mass is 365 g/mol. The largest absolute Gasteiger partial charge is 0.337 e. The Kier molecular flexibility index (Phi) is 5.02. The summed E-state index contributed by atoms with van der Waals surface area (Å²) < 4.78 is 0. The summed E-state index contributed by atoms with van der Waals surface area (Å²) in [6.07, 6.45) is 6.55. The van der Waals surface area contributed by atoms with Crippen molar-refractivity contribution in [2.45, 2.75) is 65.8 Å². The number of anilines is 3. The maximum absolute atomic E-state index is 4.85. The van der Waals surface area contributed by atoms with Crippen molar-refractivity contribution in [1.82, 2.24) is 15.0 Å². The van der Waals surface area contributed by atoms with Crippen LogP contribution in [0.1, 0.15) is 56.0 Å². The van der Waals surface area contributed by atoms with Crippen molar-refractivity contribution in [3.63, 3.8) is 0 Å². The third kappa shape index (κ3) is 4.23. The van der Waals surface area contributed by atoms with Crippen molar-refractivity contribution in [2.24, 2.45) is 11.8 Å². The van der Waals surface area contributed by atoms with Crippen LogP contribution in [-0.4, -0.2) is 27.5 Å². The zero-order valence-corrected chi connectivity index (χ0v) is 17.0. The van der Waals surface area contributed by atoms with E-state index in [0.29, 0.717) is 12.0 Å². The average Bonchev–Trinajstić information content (AvgIpc) is 3.51. The smallest absolute Gasteiger partial charge is 0.232 e. The molecule has 0 unspecified atom stereocenters. The second-order valence-electron chi connectivity index (χ2n) is 8.31. The second-order valence-corrected chi connectivity index (χ2v) is 8.31. The van der Waals surface area contributed by atoms with Gasteiger partial charge in [-0.15, -0.1) is 0 Å². The lowest BCUT2D eigenvalue weighted by Crippen LogP contribution is -2.40. The van der Waals surface area contributed by atoms with Crippen LogP contribution in [0.25, 0.3) is 0 Å². The van der Waals surface area contributed by atoms with Gasteiger partial charge in [0.05, 0.1) is 0 Å². The molecule has 1 aromatic carbocycles. The SMILES string of the molecule is CCCN(c1nc(C)nc(Nc2ccc(C)cc2C)n1)C(C1CC1)C1CC1. The molecular weight excluding hydrogens is 334 g/mol. The Hall–Kier alpha value is -2.17. The Labute approximate surface area is 162 Å². The van der Waals surface area contributed by atoms with E-state index in [2.05, 4.69) is 54.2 Å². The number of rotatable bonds is 8. The molecule has 0 radical (unpaired) electrons. The van der Waals surface area contributed by atoms with Crippen LogP contribution in [0.5, 0.6) is 0 Å². The maximum Gasteiger partial charge on any atom is 0.232 e. The molecule has 0 spiro atoms. The van der Waals surface area contributed by atoms with Crippen LogP contribution < -0.4 is 10.2 Å². The molecule has 2 aromatic rings. The van der Waals surface area contributed by atoms with Crippen molar-refractivity contribution >= 4 is 17.6 Å². The summed E-state index contributed by atoms with van der Waals surface area (Å²) in [5.41, 5.74) is 3.52. The molecule has 27 heavy (non-hydrogen) atoms. The predicted octanol–water partition coefficient (Wildman–Crippen LogP) is 4.95. The van der Waals surface area contributed by atoms with Crippen molar-refractivity contribution < 1.29 is 0 Å². The number of nitrogens with one attached hydrogen (secondary N) is 1. The highest BCUT2D eigenvalue weighted by Gasteiger charge is 2.45. The lowest BCUT2D eigenvalue weighted by atomic mass is 10.1. The number of aryl methyl sites for hydroxylation is 3.